The van der Waals surface area contributed by atoms with E-state index in [2.05, 4.69) is 32.7 Å². The lowest BCUT2D eigenvalue weighted by Crippen LogP contribution is -2.33. The lowest BCUT2D eigenvalue weighted by Gasteiger charge is -2.36. The second-order valence-electron chi connectivity index (χ2n) is 10.4. The molecule has 1 saturated carbocycles. The first kappa shape index (κ1) is 21.5. The molecule has 0 saturated heterocycles. The van der Waals surface area contributed by atoms with E-state index in [0.29, 0.717) is 23.1 Å². The summed E-state index contributed by atoms with van der Waals surface area (Å²) in [6, 6.07) is 0. The lowest BCUT2D eigenvalue weighted by atomic mass is 9.72. The largest absolute Gasteiger partial charge is 0.461 e. The number of ether oxygens (including phenoxy) is 1. The molecule has 1 unspecified atom stereocenters. The highest BCUT2D eigenvalue weighted by molar-refractivity contribution is 7.18. The number of thiophene rings is 1. The Hall–Kier alpha value is -1.69. The average molecular weight is 431 g/mol. The Morgan fingerprint density at radius 2 is 1.90 bits per heavy atom. The van der Waals surface area contributed by atoms with Gasteiger partial charge in [0.05, 0.1) is 5.39 Å². The second kappa shape index (κ2) is 8.10. The zero-order chi connectivity index (χ0) is 21.6. The van der Waals surface area contributed by atoms with Gasteiger partial charge in [-0.1, -0.05) is 27.7 Å². The molecule has 2 heterocycles. The van der Waals surface area contributed by atoms with E-state index in [-0.39, 0.29) is 24.2 Å². The predicted octanol–water partition coefficient (Wildman–Crippen LogP) is 5.04. The van der Waals surface area contributed by atoms with Crippen LogP contribution in [0.2, 0.25) is 0 Å². The van der Waals surface area contributed by atoms with Gasteiger partial charge in [-0.2, -0.15) is 0 Å². The monoisotopic (exact) mass is 430 g/mol. The van der Waals surface area contributed by atoms with Crippen molar-refractivity contribution in [1.29, 1.82) is 0 Å². The molecule has 0 spiro atoms. The van der Waals surface area contributed by atoms with Crippen LogP contribution in [0.25, 0.3) is 10.2 Å². The molecule has 0 aromatic carbocycles. The molecule has 2 aromatic rings. The number of fused-ring (bicyclic) bond motifs is 3. The van der Waals surface area contributed by atoms with Crippen molar-refractivity contribution in [2.45, 2.75) is 92.2 Å². The van der Waals surface area contributed by atoms with Crippen LogP contribution in [0.1, 0.15) is 76.1 Å². The van der Waals surface area contributed by atoms with Gasteiger partial charge in [-0.25, -0.2) is 4.98 Å². The van der Waals surface area contributed by atoms with Crippen molar-refractivity contribution < 1.29 is 9.53 Å². The number of hydrogen-bond donors (Lipinski definition) is 0. The maximum Gasteiger partial charge on any atom is 0.326 e. The molecular weight excluding hydrogens is 396 g/mol. The zero-order valence-corrected chi connectivity index (χ0v) is 19.7. The van der Waals surface area contributed by atoms with Gasteiger partial charge < -0.3 is 4.74 Å². The molecule has 6 heteroatoms. The molecule has 1 atom stereocenters. The van der Waals surface area contributed by atoms with Crippen LogP contribution in [0.3, 0.4) is 0 Å². The van der Waals surface area contributed by atoms with E-state index in [4.69, 9.17) is 4.74 Å². The molecule has 1 fully saturated rings. The smallest absolute Gasteiger partial charge is 0.326 e. The Bertz CT molecular complexity index is 1010. The van der Waals surface area contributed by atoms with Gasteiger partial charge in [0.25, 0.3) is 5.56 Å². The lowest BCUT2D eigenvalue weighted by molar-refractivity contribution is -0.152. The molecule has 4 rings (SSSR count). The standard InChI is InChI=1S/C24H34N2O3S/c1-14-6-11-18-19(12-14)30-22-21(18)23(28)26(15(2)25-22)13-20(27)29-17-9-7-16(8-10-17)24(3,4)5/h14,16-17H,6-13H2,1-5H3. The van der Waals surface area contributed by atoms with E-state index in [1.165, 1.54) is 9.44 Å². The van der Waals surface area contributed by atoms with Crippen LogP contribution < -0.4 is 5.56 Å². The summed E-state index contributed by atoms with van der Waals surface area (Å²) < 4.78 is 7.27. The summed E-state index contributed by atoms with van der Waals surface area (Å²) in [4.78, 5) is 32.7. The fourth-order valence-electron chi connectivity index (χ4n) is 5.11. The first-order valence-corrected chi connectivity index (χ1v) is 12.2. The highest BCUT2D eigenvalue weighted by Crippen LogP contribution is 2.39. The molecule has 164 valence electrons. The van der Waals surface area contributed by atoms with Gasteiger partial charge in [0.15, 0.2) is 0 Å². The predicted molar refractivity (Wildman–Crippen MR) is 121 cm³/mol. The Balaban J connectivity index is 1.49. The van der Waals surface area contributed by atoms with Gasteiger partial charge in [0, 0.05) is 4.88 Å². The Labute approximate surface area is 182 Å². The first-order valence-electron chi connectivity index (χ1n) is 11.3. The van der Waals surface area contributed by atoms with Crippen LogP contribution >= 0.6 is 11.3 Å². The van der Waals surface area contributed by atoms with Gasteiger partial charge >= 0.3 is 5.97 Å². The van der Waals surface area contributed by atoms with E-state index in [1.54, 1.807) is 11.3 Å². The first-order chi connectivity index (χ1) is 14.1. The van der Waals surface area contributed by atoms with Crippen LogP contribution in [0.15, 0.2) is 4.79 Å². The van der Waals surface area contributed by atoms with Gasteiger partial charge in [-0.15, -0.1) is 11.3 Å². The molecule has 2 aliphatic carbocycles. The number of nitrogens with zero attached hydrogens (tertiary/aromatic N) is 2. The molecule has 0 amide bonds. The minimum absolute atomic E-state index is 0.0285. The Kier molecular flexibility index (Phi) is 5.82. The van der Waals surface area contributed by atoms with Gasteiger partial charge in [-0.3, -0.25) is 14.2 Å². The number of aryl methyl sites for hydroxylation is 2. The second-order valence-corrected chi connectivity index (χ2v) is 11.5. The van der Waals surface area contributed by atoms with Crippen LogP contribution in [0.4, 0.5) is 0 Å². The highest BCUT2D eigenvalue weighted by atomic mass is 32.1. The molecule has 30 heavy (non-hydrogen) atoms. The number of rotatable bonds is 3. The fourth-order valence-corrected chi connectivity index (χ4v) is 6.53. The van der Waals surface area contributed by atoms with Gasteiger partial charge in [0.2, 0.25) is 0 Å². The van der Waals surface area contributed by atoms with E-state index in [9.17, 15) is 9.59 Å². The fraction of sp³-hybridized carbons (Fsp3) is 0.708. The van der Waals surface area contributed by atoms with Crippen LogP contribution in [0, 0.1) is 24.2 Å². The maximum atomic E-state index is 13.3. The van der Waals surface area contributed by atoms with Crippen molar-refractivity contribution in [1.82, 2.24) is 9.55 Å². The van der Waals surface area contributed by atoms with E-state index < -0.39 is 0 Å². The Morgan fingerprint density at radius 3 is 2.57 bits per heavy atom. The third-order valence-corrected chi connectivity index (χ3v) is 8.24. The van der Waals surface area contributed by atoms with Crippen molar-refractivity contribution >= 4 is 27.5 Å². The number of aromatic nitrogens is 2. The summed E-state index contributed by atoms with van der Waals surface area (Å²) in [7, 11) is 0. The molecule has 2 aliphatic rings. The molecule has 2 aromatic heterocycles. The molecule has 0 aliphatic heterocycles. The summed E-state index contributed by atoms with van der Waals surface area (Å²) in [5.41, 5.74) is 1.38. The van der Waals surface area contributed by atoms with Crippen molar-refractivity contribution in [2.75, 3.05) is 0 Å². The zero-order valence-electron chi connectivity index (χ0n) is 18.9. The van der Waals surface area contributed by atoms with E-state index >= 15 is 0 Å². The molecule has 5 nitrogen and oxygen atoms in total. The number of esters is 1. The van der Waals surface area contributed by atoms with Gasteiger partial charge in [0.1, 0.15) is 23.3 Å². The number of carbonyl (C=O) groups is 1. The molecule has 0 N–H and O–H groups in total. The SMILES string of the molecule is Cc1nc2sc3c(c2c(=O)n1CC(=O)OC1CCC(C(C)(C)C)CC1)CCC(C)C3. The van der Waals surface area contributed by atoms with Crippen molar-refractivity contribution in [3.05, 3.63) is 26.6 Å². The van der Waals surface area contributed by atoms with Crippen molar-refractivity contribution in [3.63, 3.8) is 0 Å². The minimum Gasteiger partial charge on any atom is -0.461 e. The third-order valence-electron chi connectivity index (χ3n) is 7.09. The van der Waals surface area contributed by atoms with Crippen LogP contribution in [-0.4, -0.2) is 21.6 Å². The summed E-state index contributed by atoms with van der Waals surface area (Å²) in [6.45, 7) is 10.9. The maximum absolute atomic E-state index is 13.3. The summed E-state index contributed by atoms with van der Waals surface area (Å²) in [6.07, 6.45) is 7.03. The highest BCUT2D eigenvalue weighted by Gasteiger charge is 2.31. The van der Waals surface area contributed by atoms with E-state index in [1.807, 2.05) is 6.92 Å². The van der Waals surface area contributed by atoms with E-state index in [0.717, 1.165) is 60.7 Å². The van der Waals surface area contributed by atoms with Crippen LogP contribution in [0.5, 0.6) is 0 Å². The van der Waals surface area contributed by atoms with Crippen LogP contribution in [-0.2, 0) is 28.9 Å². The number of carbonyl (C=O) groups excluding carboxylic acids is 1. The summed E-state index contributed by atoms with van der Waals surface area (Å²) in [5, 5.41) is 0.728. The molecule has 0 radical (unpaired) electrons. The van der Waals surface area contributed by atoms with Gasteiger partial charge in [-0.05, 0) is 74.7 Å². The summed E-state index contributed by atoms with van der Waals surface area (Å²) >= 11 is 1.65. The number of hydrogen-bond acceptors (Lipinski definition) is 5. The third kappa shape index (κ3) is 4.20. The minimum atomic E-state index is -0.321. The normalized spacial score (nSPS) is 24.6. The Morgan fingerprint density at radius 1 is 1.20 bits per heavy atom. The van der Waals surface area contributed by atoms with Crippen molar-refractivity contribution in [3.8, 4) is 0 Å². The molecular formula is C24H34N2O3S. The quantitative estimate of drug-likeness (QED) is 0.640. The average Bonchev–Trinajstić information content (AvgIpc) is 3.01. The van der Waals surface area contributed by atoms with Crippen molar-refractivity contribution in [2.24, 2.45) is 17.3 Å². The topological polar surface area (TPSA) is 61.2 Å². The summed E-state index contributed by atoms with van der Waals surface area (Å²) in [5.74, 6) is 1.60. The molecule has 0 bridgehead atoms.